The Labute approximate surface area is 123 Å². The van der Waals surface area contributed by atoms with Crippen molar-refractivity contribution in [2.24, 2.45) is 5.92 Å². The van der Waals surface area contributed by atoms with Gasteiger partial charge in [-0.15, -0.1) is 5.10 Å². The Balaban J connectivity index is 1.33. The van der Waals surface area contributed by atoms with Crippen molar-refractivity contribution in [2.45, 2.75) is 25.7 Å². The monoisotopic (exact) mass is 285 g/mol. The van der Waals surface area contributed by atoms with E-state index in [4.69, 9.17) is 4.42 Å². The molecule has 0 radical (unpaired) electrons. The van der Waals surface area contributed by atoms with Gasteiger partial charge in [0, 0.05) is 25.6 Å². The predicted molar refractivity (Wildman–Crippen MR) is 79.4 cm³/mol. The first-order valence-corrected chi connectivity index (χ1v) is 7.62. The number of hydrogen-bond acceptors (Lipinski definition) is 6. The molecular weight excluding hydrogens is 266 g/mol. The first-order chi connectivity index (χ1) is 10.4. The normalized spacial score (nSPS) is 18.2. The molecule has 0 atom stereocenters. The Morgan fingerprint density at radius 1 is 1.24 bits per heavy atom. The van der Waals surface area contributed by atoms with Crippen LogP contribution in [-0.2, 0) is 12.8 Å². The Morgan fingerprint density at radius 3 is 3.00 bits per heavy atom. The fourth-order valence-corrected chi connectivity index (χ4v) is 3.06. The van der Waals surface area contributed by atoms with Crippen LogP contribution in [0.5, 0.6) is 0 Å². The molecule has 0 aromatic carbocycles. The highest BCUT2D eigenvalue weighted by Gasteiger charge is 2.28. The van der Waals surface area contributed by atoms with E-state index in [1.807, 2.05) is 0 Å². The highest BCUT2D eigenvalue weighted by Crippen LogP contribution is 2.26. The number of rotatable bonds is 4. The van der Waals surface area contributed by atoms with Crippen LogP contribution in [0.3, 0.4) is 0 Å². The molecule has 1 fully saturated rings. The summed E-state index contributed by atoms with van der Waals surface area (Å²) >= 11 is 0. The largest absolute Gasteiger partial charge is 0.432 e. The summed E-state index contributed by atoms with van der Waals surface area (Å²) in [7, 11) is 0. The van der Waals surface area contributed by atoms with Crippen molar-refractivity contribution in [1.29, 1.82) is 0 Å². The molecule has 1 aliphatic carbocycles. The van der Waals surface area contributed by atoms with Gasteiger partial charge in [-0.2, -0.15) is 5.10 Å². The van der Waals surface area contributed by atoms with Gasteiger partial charge in [0.25, 0.3) is 6.01 Å². The summed E-state index contributed by atoms with van der Waals surface area (Å²) in [6.07, 6.45) is 8.00. The zero-order valence-corrected chi connectivity index (χ0v) is 12.0. The molecule has 0 bridgehead atoms. The smallest absolute Gasteiger partial charge is 0.294 e. The summed E-state index contributed by atoms with van der Waals surface area (Å²) in [5.41, 5.74) is 2.60. The summed E-state index contributed by atoms with van der Waals surface area (Å²) in [6.45, 7) is 2.91. The van der Waals surface area contributed by atoms with Crippen LogP contribution in [0, 0.1) is 5.92 Å². The summed E-state index contributed by atoms with van der Waals surface area (Å²) in [6, 6.07) is 2.83. The third-order valence-corrected chi connectivity index (χ3v) is 4.31. The molecule has 6 nitrogen and oxygen atoms in total. The van der Waals surface area contributed by atoms with E-state index in [1.54, 1.807) is 12.5 Å². The summed E-state index contributed by atoms with van der Waals surface area (Å²) in [5, 5.41) is 12.0. The summed E-state index contributed by atoms with van der Waals surface area (Å²) in [4.78, 5) is 6.35. The SMILES string of the molecule is c1coc(NCC2CN(c3cc4c(nn3)CCCC4)C2)n1. The van der Waals surface area contributed by atoms with E-state index in [9.17, 15) is 0 Å². The first kappa shape index (κ1) is 12.6. The van der Waals surface area contributed by atoms with E-state index in [2.05, 4.69) is 31.5 Å². The van der Waals surface area contributed by atoms with E-state index in [1.165, 1.54) is 24.1 Å². The average Bonchev–Trinajstić information content (AvgIpc) is 2.99. The maximum Gasteiger partial charge on any atom is 0.294 e. The summed E-state index contributed by atoms with van der Waals surface area (Å²) < 4.78 is 5.17. The number of anilines is 2. The standard InChI is InChI=1S/C15H19N5O/c1-2-4-13-12(3-1)7-14(19-18-13)20-9-11(10-20)8-17-15-16-5-6-21-15/h5-7,11H,1-4,8-10H2,(H,16,17). The molecule has 2 aromatic heterocycles. The highest BCUT2D eigenvalue weighted by atomic mass is 16.4. The van der Waals surface area contributed by atoms with Gasteiger partial charge >= 0.3 is 0 Å². The van der Waals surface area contributed by atoms with Crippen LogP contribution in [0.1, 0.15) is 24.1 Å². The van der Waals surface area contributed by atoms with Crippen molar-refractivity contribution in [1.82, 2.24) is 15.2 Å². The quantitative estimate of drug-likeness (QED) is 0.925. The minimum absolute atomic E-state index is 0.599. The van der Waals surface area contributed by atoms with Gasteiger partial charge in [-0.3, -0.25) is 0 Å². The fraction of sp³-hybridized carbons (Fsp3) is 0.533. The lowest BCUT2D eigenvalue weighted by molar-refractivity contribution is 0.419. The number of nitrogens with zero attached hydrogens (tertiary/aromatic N) is 4. The second-order valence-electron chi connectivity index (χ2n) is 5.87. The molecule has 1 N–H and O–H groups in total. The van der Waals surface area contributed by atoms with Crippen molar-refractivity contribution in [3.8, 4) is 0 Å². The van der Waals surface area contributed by atoms with Gasteiger partial charge in [-0.1, -0.05) is 0 Å². The first-order valence-electron chi connectivity index (χ1n) is 7.62. The molecule has 6 heteroatoms. The van der Waals surface area contributed by atoms with Gasteiger partial charge in [0.1, 0.15) is 6.26 Å². The minimum atomic E-state index is 0.599. The molecule has 110 valence electrons. The topological polar surface area (TPSA) is 67.1 Å². The van der Waals surface area contributed by atoms with Crippen LogP contribution < -0.4 is 10.2 Å². The van der Waals surface area contributed by atoms with Crippen LogP contribution >= 0.6 is 0 Å². The lowest BCUT2D eigenvalue weighted by atomic mass is 9.95. The van der Waals surface area contributed by atoms with E-state index in [0.717, 1.165) is 38.3 Å². The number of aromatic nitrogens is 3. The number of fused-ring (bicyclic) bond motifs is 1. The molecule has 0 amide bonds. The maximum atomic E-state index is 5.17. The van der Waals surface area contributed by atoms with Crippen LogP contribution in [0.4, 0.5) is 11.8 Å². The second-order valence-corrected chi connectivity index (χ2v) is 5.87. The Bertz CT molecular complexity index is 607. The molecule has 4 rings (SSSR count). The molecular formula is C15H19N5O. The molecule has 0 saturated carbocycles. The third kappa shape index (κ3) is 2.57. The van der Waals surface area contributed by atoms with Gasteiger partial charge in [-0.25, -0.2) is 4.98 Å². The number of aryl methyl sites for hydroxylation is 2. The van der Waals surface area contributed by atoms with Gasteiger partial charge in [0.05, 0.1) is 11.9 Å². The molecule has 0 spiro atoms. The van der Waals surface area contributed by atoms with E-state index in [0.29, 0.717) is 11.9 Å². The van der Waals surface area contributed by atoms with Gasteiger partial charge in [0.15, 0.2) is 5.82 Å². The van der Waals surface area contributed by atoms with Gasteiger partial charge in [-0.05, 0) is 37.3 Å². The van der Waals surface area contributed by atoms with Crippen LogP contribution in [0.2, 0.25) is 0 Å². The van der Waals surface area contributed by atoms with E-state index in [-0.39, 0.29) is 0 Å². The zero-order chi connectivity index (χ0) is 14.1. The third-order valence-electron chi connectivity index (χ3n) is 4.31. The van der Waals surface area contributed by atoms with Crippen LogP contribution in [0.15, 0.2) is 22.9 Å². The van der Waals surface area contributed by atoms with Gasteiger partial charge < -0.3 is 14.6 Å². The number of nitrogens with one attached hydrogen (secondary N) is 1. The predicted octanol–water partition coefficient (Wildman–Crippen LogP) is 1.89. The van der Waals surface area contributed by atoms with Crippen molar-refractivity contribution in [3.05, 3.63) is 29.8 Å². The van der Waals surface area contributed by atoms with Crippen molar-refractivity contribution in [2.75, 3.05) is 29.9 Å². The van der Waals surface area contributed by atoms with E-state index >= 15 is 0 Å². The molecule has 2 aliphatic rings. The Kier molecular flexibility index (Phi) is 3.21. The molecule has 1 saturated heterocycles. The molecule has 2 aromatic rings. The van der Waals surface area contributed by atoms with Gasteiger partial charge in [0.2, 0.25) is 0 Å². The Morgan fingerprint density at radius 2 is 2.14 bits per heavy atom. The highest BCUT2D eigenvalue weighted by molar-refractivity contribution is 5.44. The minimum Gasteiger partial charge on any atom is -0.432 e. The van der Waals surface area contributed by atoms with Crippen LogP contribution in [-0.4, -0.2) is 34.8 Å². The average molecular weight is 285 g/mol. The van der Waals surface area contributed by atoms with Crippen LogP contribution in [0.25, 0.3) is 0 Å². The number of hydrogen-bond donors (Lipinski definition) is 1. The van der Waals surface area contributed by atoms with E-state index < -0.39 is 0 Å². The fourth-order valence-electron chi connectivity index (χ4n) is 3.06. The second kappa shape index (κ2) is 5.35. The molecule has 0 unspecified atom stereocenters. The lowest BCUT2D eigenvalue weighted by Crippen LogP contribution is -2.50. The zero-order valence-electron chi connectivity index (χ0n) is 12.0. The molecule has 3 heterocycles. The van der Waals surface area contributed by atoms with Crippen molar-refractivity contribution in [3.63, 3.8) is 0 Å². The number of oxazole rings is 1. The maximum absolute atomic E-state index is 5.17. The Hall–Kier alpha value is -2.11. The summed E-state index contributed by atoms with van der Waals surface area (Å²) in [5.74, 6) is 1.64. The molecule has 1 aliphatic heterocycles. The van der Waals surface area contributed by atoms with Crippen molar-refractivity contribution < 1.29 is 4.42 Å². The molecule has 21 heavy (non-hydrogen) atoms. The van der Waals surface area contributed by atoms with Crippen molar-refractivity contribution >= 4 is 11.8 Å². The lowest BCUT2D eigenvalue weighted by Gasteiger charge is -2.40.